The highest BCUT2D eigenvalue weighted by Crippen LogP contribution is 2.20. The van der Waals surface area contributed by atoms with Gasteiger partial charge in [0.25, 0.3) is 0 Å². The van der Waals surface area contributed by atoms with Gasteiger partial charge in [0.05, 0.1) is 7.11 Å². The number of rotatable bonds is 6. The van der Waals surface area contributed by atoms with Crippen LogP contribution in [0.3, 0.4) is 0 Å². The zero-order chi connectivity index (χ0) is 17.0. The molecule has 2 aromatic rings. The van der Waals surface area contributed by atoms with E-state index in [0.717, 1.165) is 11.8 Å². The second-order valence-electron chi connectivity index (χ2n) is 5.27. The molecular formula is C16H19FN2O3S. The van der Waals surface area contributed by atoms with E-state index in [9.17, 15) is 12.8 Å². The maximum atomic E-state index is 13.9. The zero-order valence-electron chi connectivity index (χ0n) is 13.2. The first-order chi connectivity index (χ1) is 10.8. The Hall–Kier alpha value is -1.99. The summed E-state index contributed by atoms with van der Waals surface area (Å²) < 4.78 is 41.8. The molecular weight excluding hydrogens is 319 g/mol. The monoisotopic (exact) mass is 338 g/mol. The van der Waals surface area contributed by atoms with Gasteiger partial charge in [0.2, 0.25) is 5.88 Å². The van der Waals surface area contributed by atoms with Crippen molar-refractivity contribution in [2.45, 2.75) is 24.4 Å². The molecule has 1 aromatic heterocycles. The minimum atomic E-state index is -3.55. The van der Waals surface area contributed by atoms with Crippen LogP contribution in [0.25, 0.3) is 0 Å². The average molecular weight is 338 g/mol. The summed E-state index contributed by atoms with van der Waals surface area (Å²) in [5.41, 5.74) is 1.64. The van der Waals surface area contributed by atoms with E-state index in [1.54, 1.807) is 25.4 Å². The van der Waals surface area contributed by atoms with Crippen molar-refractivity contribution in [3.8, 4) is 5.88 Å². The number of aromatic nitrogens is 1. The lowest BCUT2D eigenvalue weighted by Gasteiger charge is -2.15. The van der Waals surface area contributed by atoms with Gasteiger partial charge in [-0.3, -0.25) is 0 Å². The maximum Gasteiger partial charge on any atom is 0.212 e. The molecule has 2 rings (SSSR count). The molecule has 0 aliphatic carbocycles. The molecule has 7 heteroatoms. The lowest BCUT2D eigenvalue weighted by Crippen LogP contribution is -2.18. The molecule has 1 aromatic carbocycles. The van der Waals surface area contributed by atoms with Crippen LogP contribution >= 0.6 is 0 Å². The number of benzene rings is 1. The molecule has 5 nitrogen and oxygen atoms in total. The minimum Gasteiger partial charge on any atom is -0.481 e. The number of halogens is 1. The van der Waals surface area contributed by atoms with Crippen LogP contribution in [-0.2, 0) is 16.4 Å². The molecule has 23 heavy (non-hydrogen) atoms. The molecule has 0 aliphatic heterocycles. The van der Waals surface area contributed by atoms with E-state index in [2.05, 4.69) is 10.3 Å². The molecule has 0 saturated heterocycles. The molecule has 0 radical (unpaired) electrons. The third kappa shape index (κ3) is 4.49. The fourth-order valence-corrected chi connectivity index (χ4v) is 2.84. The summed E-state index contributed by atoms with van der Waals surface area (Å²) in [5.74, 6) is -0.190. The van der Waals surface area contributed by atoms with Crippen molar-refractivity contribution in [1.82, 2.24) is 10.3 Å². The average Bonchev–Trinajstić information content (AvgIpc) is 2.51. The topological polar surface area (TPSA) is 68.3 Å². The predicted molar refractivity (Wildman–Crippen MR) is 85.6 cm³/mol. The second kappa shape index (κ2) is 7.06. The van der Waals surface area contributed by atoms with Gasteiger partial charge in [-0.1, -0.05) is 12.1 Å². The standard InChI is InChI=1S/C16H19FN2O3S/c1-11(18-9-12-4-7-16(22-2)19-10-12)13-5-6-15(14(17)8-13)23(3,20)21/h4-8,10-11,18H,9H2,1-3H3/t11-/m0/s1. The molecule has 0 fully saturated rings. The quantitative estimate of drug-likeness (QED) is 0.876. The fraction of sp³-hybridized carbons (Fsp3) is 0.312. The molecule has 1 atom stereocenters. The number of nitrogens with one attached hydrogen (secondary N) is 1. The van der Waals surface area contributed by atoms with Crippen molar-refractivity contribution >= 4 is 9.84 Å². The van der Waals surface area contributed by atoms with Gasteiger partial charge in [0.1, 0.15) is 10.7 Å². The van der Waals surface area contributed by atoms with Crippen LogP contribution in [0.1, 0.15) is 24.1 Å². The van der Waals surface area contributed by atoms with Gasteiger partial charge in [0.15, 0.2) is 9.84 Å². The number of pyridine rings is 1. The van der Waals surface area contributed by atoms with Crippen LogP contribution in [0, 0.1) is 5.82 Å². The first-order valence-electron chi connectivity index (χ1n) is 7.03. The molecule has 0 bridgehead atoms. The summed E-state index contributed by atoms with van der Waals surface area (Å²) in [6, 6.07) is 7.68. The number of hydrogen-bond donors (Lipinski definition) is 1. The third-order valence-electron chi connectivity index (χ3n) is 3.47. The van der Waals surface area contributed by atoms with Crippen molar-refractivity contribution in [2.75, 3.05) is 13.4 Å². The molecule has 0 aliphatic rings. The summed E-state index contributed by atoms with van der Waals surface area (Å²) in [4.78, 5) is 3.83. The van der Waals surface area contributed by atoms with Gasteiger partial charge in [-0.05, 0) is 30.2 Å². The second-order valence-corrected chi connectivity index (χ2v) is 7.26. The lowest BCUT2D eigenvalue weighted by molar-refractivity contribution is 0.397. The lowest BCUT2D eigenvalue weighted by atomic mass is 10.1. The highest BCUT2D eigenvalue weighted by Gasteiger charge is 2.15. The van der Waals surface area contributed by atoms with Crippen LogP contribution in [0.2, 0.25) is 0 Å². The van der Waals surface area contributed by atoms with Gasteiger partial charge >= 0.3 is 0 Å². The van der Waals surface area contributed by atoms with E-state index in [4.69, 9.17) is 4.74 Å². The number of hydrogen-bond acceptors (Lipinski definition) is 5. The van der Waals surface area contributed by atoms with Crippen molar-refractivity contribution in [2.24, 2.45) is 0 Å². The third-order valence-corrected chi connectivity index (χ3v) is 4.60. The van der Waals surface area contributed by atoms with Gasteiger partial charge in [-0.15, -0.1) is 0 Å². The Morgan fingerprint density at radius 1 is 1.30 bits per heavy atom. The van der Waals surface area contributed by atoms with E-state index in [0.29, 0.717) is 18.0 Å². The Morgan fingerprint density at radius 3 is 2.57 bits per heavy atom. The summed E-state index contributed by atoms with van der Waals surface area (Å²) in [6.45, 7) is 2.43. The normalized spacial score (nSPS) is 12.9. The summed E-state index contributed by atoms with van der Waals surface area (Å²) >= 11 is 0. The first kappa shape index (κ1) is 17.4. The van der Waals surface area contributed by atoms with Gasteiger partial charge in [-0.25, -0.2) is 17.8 Å². The van der Waals surface area contributed by atoms with Crippen LogP contribution in [-0.4, -0.2) is 26.8 Å². The number of ether oxygens (including phenoxy) is 1. The Bertz CT molecular complexity index is 776. The van der Waals surface area contributed by atoms with Crippen LogP contribution in [0.5, 0.6) is 5.88 Å². The largest absolute Gasteiger partial charge is 0.481 e. The maximum absolute atomic E-state index is 13.9. The highest BCUT2D eigenvalue weighted by atomic mass is 32.2. The van der Waals surface area contributed by atoms with E-state index in [-0.39, 0.29) is 10.9 Å². The molecule has 0 saturated carbocycles. The predicted octanol–water partition coefficient (Wildman–Crippen LogP) is 2.48. The van der Waals surface area contributed by atoms with Gasteiger partial charge in [-0.2, -0.15) is 0 Å². The molecule has 0 amide bonds. The smallest absolute Gasteiger partial charge is 0.212 e. The van der Waals surface area contributed by atoms with Crippen molar-refractivity contribution in [3.05, 3.63) is 53.5 Å². The van der Waals surface area contributed by atoms with Crippen molar-refractivity contribution in [3.63, 3.8) is 0 Å². The zero-order valence-corrected chi connectivity index (χ0v) is 14.0. The molecule has 0 unspecified atom stereocenters. The van der Waals surface area contributed by atoms with Gasteiger partial charge < -0.3 is 10.1 Å². The van der Waals surface area contributed by atoms with Crippen molar-refractivity contribution in [1.29, 1.82) is 0 Å². The molecule has 0 spiro atoms. The highest BCUT2D eigenvalue weighted by molar-refractivity contribution is 7.90. The summed E-state index contributed by atoms with van der Waals surface area (Å²) in [6.07, 6.45) is 2.69. The van der Waals surface area contributed by atoms with Crippen LogP contribution in [0.15, 0.2) is 41.4 Å². The Balaban J connectivity index is 2.05. The number of methoxy groups -OCH3 is 1. The van der Waals surface area contributed by atoms with Gasteiger partial charge in [0, 0.05) is 31.1 Å². The molecule has 1 N–H and O–H groups in total. The Morgan fingerprint density at radius 2 is 2.04 bits per heavy atom. The van der Waals surface area contributed by atoms with E-state index in [1.165, 1.54) is 12.1 Å². The Kier molecular flexibility index (Phi) is 5.33. The van der Waals surface area contributed by atoms with E-state index >= 15 is 0 Å². The van der Waals surface area contributed by atoms with E-state index < -0.39 is 15.7 Å². The van der Waals surface area contributed by atoms with Crippen LogP contribution in [0.4, 0.5) is 4.39 Å². The fourth-order valence-electron chi connectivity index (χ4n) is 2.11. The number of sulfone groups is 1. The molecule has 1 heterocycles. The summed E-state index contributed by atoms with van der Waals surface area (Å²) in [5, 5.41) is 3.24. The van der Waals surface area contributed by atoms with Crippen molar-refractivity contribution < 1.29 is 17.5 Å². The Labute approximate surface area is 135 Å². The first-order valence-corrected chi connectivity index (χ1v) is 8.92. The number of nitrogens with zero attached hydrogens (tertiary/aromatic N) is 1. The van der Waals surface area contributed by atoms with E-state index in [1.807, 2.05) is 13.0 Å². The SMILES string of the molecule is COc1ccc(CN[C@@H](C)c2ccc(S(C)(=O)=O)c(F)c2)cn1. The van der Waals surface area contributed by atoms with Crippen LogP contribution < -0.4 is 10.1 Å². The molecule has 124 valence electrons. The minimum absolute atomic E-state index is 0.139. The summed E-state index contributed by atoms with van der Waals surface area (Å²) in [7, 11) is -2.00.